The van der Waals surface area contributed by atoms with Crippen molar-refractivity contribution in [3.63, 3.8) is 0 Å². The summed E-state index contributed by atoms with van der Waals surface area (Å²) >= 11 is 0. The lowest BCUT2D eigenvalue weighted by molar-refractivity contribution is -0.117. The fraction of sp³-hybridized carbons (Fsp3) is 0.227. The van der Waals surface area contributed by atoms with E-state index in [4.69, 9.17) is 0 Å². The van der Waals surface area contributed by atoms with Crippen molar-refractivity contribution >= 4 is 33.7 Å². The quantitative estimate of drug-likeness (QED) is 0.435. The Morgan fingerprint density at radius 3 is 2.34 bits per heavy atom. The number of nitrogens with one attached hydrogen (secondary N) is 3. The highest BCUT2D eigenvalue weighted by atomic mass is 32.2. The first-order chi connectivity index (χ1) is 15.2. The number of carbonyl (C=O) groups excluding carboxylic acids is 2. The van der Waals surface area contributed by atoms with Gasteiger partial charge in [-0.2, -0.15) is 5.10 Å². The molecule has 0 radical (unpaired) electrons. The molecule has 3 rings (SSSR count). The molecule has 168 valence electrons. The van der Waals surface area contributed by atoms with Gasteiger partial charge in [-0.3, -0.25) is 9.59 Å². The third kappa shape index (κ3) is 6.58. The topological polar surface area (TPSA) is 120 Å². The highest BCUT2D eigenvalue weighted by Gasteiger charge is 2.22. The number of carbonyl (C=O) groups is 2. The van der Waals surface area contributed by atoms with E-state index in [-0.39, 0.29) is 23.3 Å². The molecule has 3 N–H and O–H groups in total. The van der Waals surface area contributed by atoms with Gasteiger partial charge in [0.1, 0.15) is 0 Å². The Balaban J connectivity index is 1.53. The molecule has 0 unspecified atom stereocenters. The van der Waals surface area contributed by atoms with Crippen molar-refractivity contribution in [2.24, 2.45) is 5.10 Å². The maximum Gasteiger partial charge on any atom is 0.267 e. The molecule has 2 aromatic rings. The van der Waals surface area contributed by atoms with Crippen LogP contribution in [0.1, 0.15) is 24.5 Å². The highest BCUT2D eigenvalue weighted by Crippen LogP contribution is 2.16. The molecule has 0 saturated carbocycles. The number of hydrogen-bond donors (Lipinski definition) is 3. The molecule has 0 spiro atoms. The number of hydrazine groups is 1. The van der Waals surface area contributed by atoms with E-state index in [0.717, 1.165) is 11.1 Å². The number of benzene rings is 2. The van der Waals surface area contributed by atoms with E-state index in [9.17, 15) is 18.0 Å². The number of sulfonamides is 1. The smallest absolute Gasteiger partial charge is 0.267 e. The molecule has 9 nitrogen and oxygen atoms in total. The Hall–Kier alpha value is -3.34. The molecular formula is C22H25N5O4S. The number of amides is 2. The SMILES string of the molecule is CC(=O)Nc1ccc(S(=O)(=O)NN2CC=C(C(=O)N/N=C/c3ccc(C)cc3)CC2)cc1. The Morgan fingerprint density at radius 2 is 1.75 bits per heavy atom. The summed E-state index contributed by atoms with van der Waals surface area (Å²) in [5.41, 5.74) is 5.57. The minimum Gasteiger partial charge on any atom is -0.326 e. The van der Waals surface area contributed by atoms with Crippen molar-refractivity contribution in [1.29, 1.82) is 0 Å². The molecule has 0 fully saturated rings. The summed E-state index contributed by atoms with van der Waals surface area (Å²) in [5.74, 6) is -0.552. The zero-order chi connectivity index (χ0) is 23.1. The Bertz CT molecular complexity index is 1140. The van der Waals surface area contributed by atoms with Crippen LogP contribution in [0.25, 0.3) is 0 Å². The van der Waals surface area contributed by atoms with Gasteiger partial charge in [0.05, 0.1) is 11.1 Å². The third-order valence-electron chi connectivity index (χ3n) is 4.69. The fourth-order valence-electron chi connectivity index (χ4n) is 2.99. The summed E-state index contributed by atoms with van der Waals surface area (Å²) in [6, 6.07) is 13.6. The number of rotatable bonds is 7. The maximum atomic E-state index is 12.6. The van der Waals surface area contributed by atoms with Crippen molar-refractivity contribution < 1.29 is 18.0 Å². The van der Waals surface area contributed by atoms with Crippen molar-refractivity contribution in [1.82, 2.24) is 15.3 Å². The van der Waals surface area contributed by atoms with Crippen LogP contribution >= 0.6 is 0 Å². The van der Waals surface area contributed by atoms with E-state index in [1.165, 1.54) is 36.2 Å². The molecule has 1 aliphatic rings. The number of hydrogen-bond acceptors (Lipinski definition) is 6. The Morgan fingerprint density at radius 1 is 1.06 bits per heavy atom. The van der Waals surface area contributed by atoms with Gasteiger partial charge in [0, 0.05) is 31.3 Å². The fourth-order valence-corrected chi connectivity index (χ4v) is 4.10. The van der Waals surface area contributed by atoms with Gasteiger partial charge in [-0.05, 0) is 43.2 Å². The molecule has 0 aromatic heterocycles. The summed E-state index contributed by atoms with van der Waals surface area (Å²) in [7, 11) is -3.78. The van der Waals surface area contributed by atoms with Gasteiger partial charge < -0.3 is 5.32 Å². The summed E-state index contributed by atoms with van der Waals surface area (Å²) < 4.78 is 25.2. The van der Waals surface area contributed by atoms with E-state index in [1.807, 2.05) is 31.2 Å². The van der Waals surface area contributed by atoms with E-state index >= 15 is 0 Å². The molecule has 2 aromatic carbocycles. The lowest BCUT2D eigenvalue weighted by Gasteiger charge is -2.25. The monoisotopic (exact) mass is 455 g/mol. The molecule has 2 amide bonds. The third-order valence-corrected chi connectivity index (χ3v) is 6.08. The summed E-state index contributed by atoms with van der Waals surface area (Å²) in [6.45, 7) is 3.95. The zero-order valence-corrected chi connectivity index (χ0v) is 18.6. The molecule has 0 saturated heterocycles. The van der Waals surface area contributed by atoms with Crippen LogP contribution in [0.4, 0.5) is 5.69 Å². The number of anilines is 1. The second-order valence-electron chi connectivity index (χ2n) is 7.34. The van der Waals surface area contributed by atoms with Gasteiger partial charge in [-0.25, -0.2) is 18.9 Å². The highest BCUT2D eigenvalue weighted by molar-refractivity contribution is 7.89. The standard InChI is InChI=1S/C22H25N5O4S/c1-16-3-5-18(6-4-16)15-23-25-22(29)19-11-13-27(14-12-19)26-32(30,31)21-9-7-20(8-10-21)24-17(2)28/h3-11,15,26H,12-14H2,1-2H3,(H,24,28)(H,25,29)/b23-15+. The van der Waals surface area contributed by atoms with Crippen molar-refractivity contribution in [2.75, 3.05) is 18.4 Å². The van der Waals surface area contributed by atoms with Crippen molar-refractivity contribution in [3.05, 3.63) is 71.3 Å². The van der Waals surface area contributed by atoms with Crippen LogP contribution < -0.4 is 15.6 Å². The van der Waals surface area contributed by atoms with Crippen molar-refractivity contribution in [2.45, 2.75) is 25.2 Å². The average Bonchev–Trinajstić information content (AvgIpc) is 2.75. The maximum absolute atomic E-state index is 12.6. The predicted octanol–water partition coefficient (Wildman–Crippen LogP) is 1.93. The molecule has 1 heterocycles. The van der Waals surface area contributed by atoms with E-state index in [1.54, 1.807) is 12.3 Å². The van der Waals surface area contributed by atoms with Crippen LogP contribution in [0.15, 0.2) is 70.2 Å². The number of hydrazone groups is 1. The van der Waals surface area contributed by atoms with Gasteiger partial charge in [-0.1, -0.05) is 35.9 Å². The van der Waals surface area contributed by atoms with E-state index in [2.05, 4.69) is 20.7 Å². The van der Waals surface area contributed by atoms with Gasteiger partial charge in [0.15, 0.2) is 0 Å². The number of aryl methyl sites for hydroxylation is 1. The lowest BCUT2D eigenvalue weighted by Crippen LogP contribution is -2.45. The van der Waals surface area contributed by atoms with Crippen LogP contribution in [0.5, 0.6) is 0 Å². The van der Waals surface area contributed by atoms with E-state index < -0.39 is 10.0 Å². The second kappa shape index (κ2) is 10.3. The molecule has 1 aliphatic heterocycles. The van der Waals surface area contributed by atoms with Crippen LogP contribution in [-0.4, -0.2) is 44.5 Å². The van der Waals surface area contributed by atoms with Crippen LogP contribution in [0.3, 0.4) is 0 Å². The molecule has 0 atom stereocenters. The molecule has 32 heavy (non-hydrogen) atoms. The van der Waals surface area contributed by atoms with Gasteiger partial charge in [0.2, 0.25) is 5.91 Å². The summed E-state index contributed by atoms with van der Waals surface area (Å²) in [5, 5.41) is 8.08. The van der Waals surface area contributed by atoms with Gasteiger partial charge in [0.25, 0.3) is 15.9 Å². The van der Waals surface area contributed by atoms with Gasteiger partial charge in [-0.15, -0.1) is 4.83 Å². The normalized spacial score (nSPS) is 14.8. The molecular weight excluding hydrogens is 430 g/mol. The zero-order valence-electron chi connectivity index (χ0n) is 17.8. The Kier molecular flexibility index (Phi) is 7.52. The second-order valence-corrected chi connectivity index (χ2v) is 9.00. The van der Waals surface area contributed by atoms with E-state index in [0.29, 0.717) is 24.2 Å². The summed E-state index contributed by atoms with van der Waals surface area (Å²) in [6.07, 6.45) is 3.61. The summed E-state index contributed by atoms with van der Waals surface area (Å²) in [4.78, 5) is 25.9. The average molecular weight is 456 g/mol. The van der Waals surface area contributed by atoms with Crippen LogP contribution in [-0.2, 0) is 19.6 Å². The first-order valence-electron chi connectivity index (χ1n) is 9.97. The molecule has 0 bridgehead atoms. The van der Waals surface area contributed by atoms with Crippen LogP contribution in [0, 0.1) is 6.92 Å². The first-order valence-corrected chi connectivity index (χ1v) is 11.5. The first kappa shape index (κ1) is 23.3. The van der Waals surface area contributed by atoms with Crippen molar-refractivity contribution in [3.8, 4) is 0 Å². The minimum absolute atomic E-state index is 0.0737. The Labute approximate surface area is 187 Å². The lowest BCUT2D eigenvalue weighted by atomic mass is 10.1. The largest absolute Gasteiger partial charge is 0.326 e. The van der Waals surface area contributed by atoms with Gasteiger partial charge >= 0.3 is 0 Å². The number of nitrogens with zero attached hydrogens (tertiary/aromatic N) is 2. The predicted molar refractivity (Wildman–Crippen MR) is 122 cm³/mol. The molecule has 10 heteroatoms. The molecule has 0 aliphatic carbocycles. The minimum atomic E-state index is -3.78. The van der Waals surface area contributed by atoms with Crippen LogP contribution in [0.2, 0.25) is 0 Å².